The number of hydrogen-bond acceptors (Lipinski definition) is 3. The van der Waals surface area contributed by atoms with Gasteiger partial charge in [0.25, 0.3) is 5.56 Å². The fourth-order valence-corrected chi connectivity index (χ4v) is 1.82. The smallest absolute Gasteiger partial charge is 0.280 e. The zero-order valence-corrected chi connectivity index (χ0v) is 12.8. The van der Waals surface area contributed by atoms with Crippen molar-refractivity contribution >= 4 is 28.9 Å². The minimum Gasteiger partial charge on any atom is -0.384 e. The topological polar surface area (TPSA) is 69.8 Å². The lowest BCUT2D eigenvalue weighted by Crippen LogP contribution is -2.01. The van der Waals surface area contributed by atoms with Crippen LogP contribution in [0, 0.1) is 5.41 Å². The largest absolute Gasteiger partial charge is 0.384 e. The van der Waals surface area contributed by atoms with Crippen LogP contribution in [0.5, 0.6) is 0 Å². The van der Waals surface area contributed by atoms with E-state index < -0.39 is 0 Å². The van der Waals surface area contributed by atoms with Gasteiger partial charge in [0.05, 0.1) is 10.0 Å². The molecule has 0 bridgehead atoms. The number of hydrogen-bond donors (Lipinski definition) is 2. The van der Waals surface area contributed by atoms with Crippen molar-refractivity contribution in [1.29, 1.82) is 5.41 Å². The van der Waals surface area contributed by atoms with Crippen molar-refractivity contribution in [2.24, 2.45) is 0 Å². The number of halogens is 2. The Balaban J connectivity index is 0.000000956. The van der Waals surface area contributed by atoms with Gasteiger partial charge in [0.2, 0.25) is 0 Å². The molecule has 4 nitrogen and oxygen atoms in total. The molecule has 6 heteroatoms. The van der Waals surface area contributed by atoms with Gasteiger partial charge in [0.1, 0.15) is 5.76 Å². The molecule has 2 N–H and O–H groups in total. The maximum atomic E-state index is 10.9. The molecule has 0 aliphatic rings. The lowest BCUT2D eigenvalue weighted by molar-refractivity contribution is 0.380. The summed E-state index contributed by atoms with van der Waals surface area (Å²) < 4.78 is 4.91. The summed E-state index contributed by atoms with van der Waals surface area (Å²) in [5, 5.41) is 11.0. The average Bonchev–Trinajstić information content (AvgIpc) is 2.87. The van der Waals surface area contributed by atoms with Gasteiger partial charge in [-0.05, 0) is 24.1 Å². The molecule has 0 radical (unpaired) electrons. The first kappa shape index (κ1) is 16.5. The van der Waals surface area contributed by atoms with Crippen molar-refractivity contribution in [2.75, 3.05) is 0 Å². The third-order valence-electron chi connectivity index (χ3n) is 2.46. The van der Waals surface area contributed by atoms with Crippen molar-refractivity contribution < 1.29 is 4.52 Å². The first-order chi connectivity index (χ1) is 9.56. The second kappa shape index (κ2) is 7.92. The Morgan fingerprint density at radius 1 is 1.25 bits per heavy atom. The Morgan fingerprint density at radius 3 is 2.50 bits per heavy atom. The van der Waals surface area contributed by atoms with E-state index in [-0.39, 0.29) is 5.56 Å². The van der Waals surface area contributed by atoms with Gasteiger partial charge in [-0.25, -0.2) is 0 Å². The van der Waals surface area contributed by atoms with Gasteiger partial charge in [-0.2, -0.15) is 5.16 Å². The van der Waals surface area contributed by atoms with E-state index in [1.165, 1.54) is 6.07 Å². The van der Waals surface area contributed by atoms with E-state index in [1.54, 1.807) is 18.2 Å². The zero-order valence-electron chi connectivity index (χ0n) is 11.3. The van der Waals surface area contributed by atoms with Crippen molar-refractivity contribution in [3.8, 4) is 0 Å². The van der Waals surface area contributed by atoms with Crippen LogP contribution in [0.4, 0.5) is 0 Å². The van der Waals surface area contributed by atoms with E-state index in [2.05, 4.69) is 5.16 Å². The van der Waals surface area contributed by atoms with E-state index in [1.807, 2.05) is 13.8 Å². The van der Waals surface area contributed by atoms with E-state index in [0.29, 0.717) is 39.9 Å². The second-order valence-corrected chi connectivity index (χ2v) is 4.60. The summed E-state index contributed by atoms with van der Waals surface area (Å²) >= 11 is 11.7. The van der Waals surface area contributed by atoms with Gasteiger partial charge >= 0.3 is 0 Å². The minimum absolute atomic E-state index is 0.272. The van der Waals surface area contributed by atoms with Gasteiger partial charge < -0.3 is 9.93 Å². The molecule has 0 spiro atoms. The van der Waals surface area contributed by atoms with Gasteiger partial charge in [0, 0.05) is 18.2 Å². The van der Waals surface area contributed by atoms with Crippen LogP contribution in [0.3, 0.4) is 0 Å². The number of rotatable bonds is 4. The van der Waals surface area contributed by atoms with Crippen LogP contribution in [-0.2, 0) is 6.42 Å². The highest BCUT2D eigenvalue weighted by Crippen LogP contribution is 2.23. The second-order valence-electron chi connectivity index (χ2n) is 3.79. The molecule has 0 aliphatic heterocycles. The Labute approximate surface area is 127 Å². The maximum Gasteiger partial charge on any atom is 0.280 e. The van der Waals surface area contributed by atoms with Gasteiger partial charge in [-0.1, -0.05) is 43.1 Å². The summed E-state index contributed by atoms with van der Waals surface area (Å²) in [6.45, 7) is 4.00. The van der Waals surface area contributed by atoms with Crippen LogP contribution in [-0.4, -0.2) is 10.9 Å². The van der Waals surface area contributed by atoms with Crippen molar-refractivity contribution in [1.82, 2.24) is 5.16 Å². The Hall–Kier alpha value is -1.52. The molecule has 0 aliphatic carbocycles. The lowest BCUT2D eigenvalue weighted by atomic mass is 10.1. The van der Waals surface area contributed by atoms with Crippen molar-refractivity contribution in [3.05, 3.63) is 56.0 Å². The van der Waals surface area contributed by atoms with Gasteiger partial charge in [0.15, 0.2) is 0 Å². The quantitative estimate of drug-likeness (QED) is 0.826. The average molecular weight is 315 g/mol. The molecule has 1 aromatic heterocycles. The van der Waals surface area contributed by atoms with E-state index in [4.69, 9.17) is 33.1 Å². The molecule has 2 aromatic rings. The fraction of sp³-hybridized carbons (Fsp3) is 0.286. The van der Waals surface area contributed by atoms with Crippen molar-refractivity contribution in [2.45, 2.75) is 26.7 Å². The predicted molar refractivity (Wildman–Crippen MR) is 82.3 cm³/mol. The molecule has 108 valence electrons. The van der Waals surface area contributed by atoms with Crippen LogP contribution < -0.4 is 5.56 Å². The summed E-state index contributed by atoms with van der Waals surface area (Å²) in [6, 6.07) is 6.43. The van der Waals surface area contributed by atoms with Crippen LogP contribution in [0.2, 0.25) is 10.0 Å². The maximum absolute atomic E-state index is 10.9. The van der Waals surface area contributed by atoms with Gasteiger partial charge in [-0.3, -0.25) is 4.79 Å². The van der Waals surface area contributed by atoms with Crippen molar-refractivity contribution in [3.63, 3.8) is 0 Å². The summed E-state index contributed by atoms with van der Waals surface area (Å²) in [5.41, 5.74) is 0.853. The van der Waals surface area contributed by atoms with Crippen LogP contribution in [0.15, 0.2) is 33.6 Å². The summed E-state index contributed by atoms with van der Waals surface area (Å²) in [6.07, 6.45) is 0.941. The highest BCUT2D eigenvalue weighted by molar-refractivity contribution is 6.42. The highest BCUT2D eigenvalue weighted by atomic mass is 35.5. The fourth-order valence-electron chi connectivity index (χ4n) is 1.52. The first-order valence-electron chi connectivity index (χ1n) is 6.26. The number of nitrogens with one attached hydrogen (secondary N) is 2. The summed E-state index contributed by atoms with van der Waals surface area (Å²) in [5.74, 6) is 0.532. The molecule has 1 aromatic carbocycles. The third-order valence-corrected chi connectivity index (χ3v) is 3.20. The molecule has 0 saturated heterocycles. The molecule has 0 fully saturated rings. The molecule has 0 saturated carbocycles. The van der Waals surface area contributed by atoms with E-state index in [0.717, 1.165) is 0 Å². The SMILES string of the molecule is CC.N=C(CCc1cc(=O)[nH]o1)c1ccc(Cl)c(Cl)c1. The minimum atomic E-state index is -0.272. The van der Waals surface area contributed by atoms with Gasteiger partial charge in [-0.15, -0.1) is 0 Å². The molecule has 1 heterocycles. The predicted octanol–water partition coefficient (Wildman–Crippen LogP) is 4.30. The van der Waals surface area contributed by atoms with E-state index >= 15 is 0 Å². The molecular weight excluding hydrogens is 299 g/mol. The van der Waals surface area contributed by atoms with Crippen LogP contribution in [0.25, 0.3) is 0 Å². The molecule has 2 rings (SSSR count). The Morgan fingerprint density at radius 2 is 1.95 bits per heavy atom. The number of H-pyrrole nitrogens is 1. The molecule has 0 amide bonds. The highest BCUT2D eigenvalue weighted by Gasteiger charge is 2.07. The normalized spacial score (nSPS) is 9.80. The Kier molecular flexibility index (Phi) is 6.55. The standard InChI is InChI=1S/C12H10Cl2N2O2.C2H6/c13-9-3-1-7(5-10(9)14)11(15)4-2-8-6-12(17)16-18-8;1-2/h1,3,5-6,15H,2,4H2,(H,16,17);1-2H3. The summed E-state index contributed by atoms with van der Waals surface area (Å²) in [7, 11) is 0. The Bertz CT molecular complexity index is 632. The zero-order chi connectivity index (χ0) is 15.1. The van der Waals surface area contributed by atoms with Crippen LogP contribution in [0.1, 0.15) is 31.6 Å². The molecule has 0 atom stereocenters. The van der Waals surface area contributed by atoms with Crippen LogP contribution >= 0.6 is 23.2 Å². The third kappa shape index (κ3) is 4.54. The number of aromatic nitrogens is 1. The lowest BCUT2D eigenvalue weighted by Gasteiger charge is -2.04. The monoisotopic (exact) mass is 314 g/mol. The number of benzene rings is 1. The summed E-state index contributed by atoms with van der Waals surface area (Å²) in [4.78, 5) is 10.9. The molecule has 0 unspecified atom stereocenters. The number of aryl methyl sites for hydroxylation is 1. The van der Waals surface area contributed by atoms with E-state index in [9.17, 15) is 4.79 Å². The first-order valence-corrected chi connectivity index (χ1v) is 7.02. The number of aromatic amines is 1. The molecule has 20 heavy (non-hydrogen) atoms. The molecular formula is C14H16Cl2N2O2.